The summed E-state index contributed by atoms with van der Waals surface area (Å²) in [5.41, 5.74) is 3.04. The lowest BCUT2D eigenvalue weighted by atomic mass is 9.87. The normalized spacial score (nSPS) is 16.6. The molecule has 4 aromatic rings. The van der Waals surface area contributed by atoms with Gasteiger partial charge in [-0.25, -0.2) is 9.59 Å². The van der Waals surface area contributed by atoms with Crippen LogP contribution in [-0.4, -0.2) is 66.6 Å². The van der Waals surface area contributed by atoms with E-state index in [1.54, 1.807) is 25.4 Å². The van der Waals surface area contributed by atoms with E-state index in [1.807, 2.05) is 66.7 Å². The van der Waals surface area contributed by atoms with Gasteiger partial charge in [0.05, 0.1) is 44.6 Å². The van der Waals surface area contributed by atoms with Crippen molar-refractivity contribution in [3.63, 3.8) is 0 Å². The monoisotopic (exact) mass is 570 g/mol. The zero-order valence-corrected chi connectivity index (χ0v) is 23.5. The molecule has 0 spiro atoms. The van der Waals surface area contributed by atoms with Crippen molar-refractivity contribution < 1.29 is 33.6 Å². The molecule has 1 amide bonds. The van der Waals surface area contributed by atoms with Crippen molar-refractivity contribution in [3.05, 3.63) is 102 Å². The Morgan fingerprint density at radius 3 is 2.64 bits per heavy atom. The van der Waals surface area contributed by atoms with Gasteiger partial charge in [0.25, 0.3) is 0 Å². The number of rotatable bonds is 11. The number of hydrogen-bond donors (Lipinski definition) is 1. The van der Waals surface area contributed by atoms with Crippen LogP contribution in [0.3, 0.4) is 0 Å². The van der Waals surface area contributed by atoms with E-state index in [9.17, 15) is 14.7 Å². The van der Waals surface area contributed by atoms with E-state index in [2.05, 4.69) is 4.98 Å². The summed E-state index contributed by atoms with van der Waals surface area (Å²) >= 11 is 0. The number of hydrogen-bond acceptors (Lipinski definition) is 7. The van der Waals surface area contributed by atoms with Crippen molar-refractivity contribution in [2.45, 2.75) is 31.5 Å². The number of piperidine rings is 1. The number of carbonyl (C=O) groups excluding carboxylic acids is 1. The van der Waals surface area contributed by atoms with Gasteiger partial charge in [-0.2, -0.15) is 0 Å². The van der Waals surface area contributed by atoms with Gasteiger partial charge in [0.2, 0.25) is 0 Å². The first-order valence-electron chi connectivity index (χ1n) is 14.0. The first kappa shape index (κ1) is 28.9. The second-order valence-corrected chi connectivity index (χ2v) is 10.1. The fourth-order valence-corrected chi connectivity index (χ4v) is 5.16. The van der Waals surface area contributed by atoms with Crippen LogP contribution in [0.4, 0.5) is 4.79 Å². The molecule has 1 saturated heterocycles. The lowest BCUT2D eigenvalue weighted by Crippen LogP contribution is -2.47. The second-order valence-electron chi connectivity index (χ2n) is 10.1. The largest absolute Gasteiger partial charge is 0.496 e. The maximum Gasteiger partial charge on any atom is 0.407 e. The quantitative estimate of drug-likeness (QED) is 0.175. The van der Waals surface area contributed by atoms with Gasteiger partial charge in [-0.15, -0.1) is 0 Å². The van der Waals surface area contributed by atoms with E-state index in [4.69, 9.17) is 18.9 Å². The van der Waals surface area contributed by atoms with Crippen molar-refractivity contribution in [3.8, 4) is 11.5 Å². The molecule has 42 heavy (non-hydrogen) atoms. The summed E-state index contributed by atoms with van der Waals surface area (Å²) in [6.07, 6.45) is 1.28. The third-order valence-corrected chi connectivity index (χ3v) is 7.39. The van der Waals surface area contributed by atoms with Crippen molar-refractivity contribution in [1.82, 2.24) is 9.88 Å². The Morgan fingerprint density at radius 2 is 1.83 bits per heavy atom. The molecule has 2 unspecified atom stereocenters. The Balaban J connectivity index is 1.16. The highest BCUT2D eigenvalue weighted by molar-refractivity contribution is 5.94. The molecule has 9 heteroatoms. The molecular formula is C33H34N2O7. The number of pyridine rings is 1. The minimum Gasteiger partial charge on any atom is -0.496 e. The summed E-state index contributed by atoms with van der Waals surface area (Å²) in [5.74, 6) is 0.882. The molecule has 0 radical (unpaired) electrons. The number of ether oxygens (including phenoxy) is 4. The number of methoxy groups -OCH3 is 1. The number of likely N-dealkylation sites (tertiary alicyclic amines) is 1. The molecule has 1 N–H and O–H groups in total. The molecule has 1 fully saturated rings. The third-order valence-electron chi connectivity index (χ3n) is 7.39. The summed E-state index contributed by atoms with van der Waals surface area (Å²) in [4.78, 5) is 30.4. The highest BCUT2D eigenvalue weighted by atomic mass is 16.5. The minimum atomic E-state index is -1.03. The highest BCUT2D eigenvalue weighted by Gasteiger charge is 2.35. The molecule has 1 aromatic heterocycles. The summed E-state index contributed by atoms with van der Waals surface area (Å²) in [5, 5.41) is 10.5. The number of carboxylic acid groups (broad SMARTS) is 1. The minimum absolute atomic E-state index is 0.102. The van der Waals surface area contributed by atoms with Crippen LogP contribution < -0.4 is 9.47 Å². The van der Waals surface area contributed by atoms with Crippen molar-refractivity contribution >= 4 is 23.0 Å². The Morgan fingerprint density at radius 1 is 1.00 bits per heavy atom. The maximum absolute atomic E-state index is 13.1. The Labute approximate surface area is 244 Å². The molecule has 1 aliphatic heterocycles. The fraction of sp³-hybridized carbons (Fsp3) is 0.303. The number of aromatic nitrogens is 1. The van der Waals surface area contributed by atoms with E-state index in [0.29, 0.717) is 43.9 Å². The van der Waals surface area contributed by atoms with Crippen molar-refractivity contribution in [2.24, 2.45) is 0 Å². The number of esters is 1. The van der Waals surface area contributed by atoms with Gasteiger partial charge in [-0.3, -0.25) is 4.98 Å². The molecule has 218 valence electrons. The van der Waals surface area contributed by atoms with Crippen LogP contribution in [-0.2, 0) is 16.1 Å². The van der Waals surface area contributed by atoms with Crippen LogP contribution in [0.2, 0.25) is 0 Å². The number of amides is 1. The van der Waals surface area contributed by atoms with Gasteiger partial charge in [-0.1, -0.05) is 42.5 Å². The topological polar surface area (TPSA) is 107 Å². The predicted molar refractivity (Wildman–Crippen MR) is 157 cm³/mol. The first-order chi connectivity index (χ1) is 20.5. The maximum atomic E-state index is 13.1. The third kappa shape index (κ3) is 7.16. The average molecular weight is 571 g/mol. The molecule has 2 atom stereocenters. The van der Waals surface area contributed by atoms with Crippen LogP contribution in [0, 0.1) is 0 Å². The number of fused-ring (bicyclic) bond motifs is 1. The SMILES string of the molecule is COc1ccccc1COCCCOc1ccc(C2CCN(C(=O)O)CC2OC(=O)c2ccc3cccnc3c2)cc1. The lowest BCUT2D eigenvalue weighted by molar-refractivity contribution is -0.0000354. The summed E-state index contributed by atoms with van der Waals surface area (Å²) in [6, 6.07) is 24.4. The summed E-state index contributed by atoms with van der Waals surface area (Å²) < 4.78 is 22.9. The average Bonchev–Trinajstić information content (AvgIpc) is 3.03. The molecule has 0 saturated carbocycles. The molecule has 5 rings (SSSR count). The van der Waals surface area contributed by atoms with Crippen molar-refractivity contribution in [2.75, 3.05) is 33.4 Å². The standard InChI is InChI=1S/C33H34N2O7/c1-39-30-8-3-2-6-26(30)22-40-18-5-19-41-27-13-11-23(12-14-27)28-15-17-35(33(37)38)21-31(28)42-32(36)25-10-9-24-7-4-16-34-29(24)20-25/h2-4,6-14,16,20,28,31H,5,15,17-19,21-22H2,1H3,(H,37,38). The molecule has 9 nitrogen and oxygen atoms in total. The van der Waals surface area contributed by atoms with E-state index in [1.165, 1.54) is 4.90 Å². The molecule has 0 aliphatic carbocycles. The molecule has 0 bridgehead atoms. The number of nitrogens with zero attached hydrogens (tertiary/aromatic N) is 2. The molecular weight excluding hydrogens is 536 g/mol. The smallest absolute Gasteiger partial charge is 0.407 e. The molecule has 2 heterocycles. The summed E-state index contributed by atoms with van der Waals surface area (Å²) in [7, 11) is 1.65. The van der Waals surface area contributed by atoms with Gasteiger partial charge in [0, 0.05) is 36.0 Å². The molecule has 3 aromatic carbocycles. The van der Waals surface area contributed by atoms with E-state index in [0.717, 1.165) is 34.4 Å². The van der Waals surface area contributed by atoms with Gasteiger partial charge in [0.1, 0.15) is 17.6 Å². The zero-order chi connectivity index (χ0) is 29.3. The lowest BCUT2D eigenvalue weighted by Gasteiger charge is -2.37. The number of benzene rings is 3. The van der Waals surface area contributed by atoms with Crippen molar-refractivity contribution in [1.29, 1.82) is 0 Å². The van der Waals surface area contributed by atoms with Crippen LogP contribution >= 0.6 is 0 Å². The van der Waals surface area contributed by atoms with Gasteiger partial charge in [-0.05, 0) is 48.4 Å². The molecule has 1 aliphatic rings. The van der Waals surface area contributed by atoms with E-state index >= 15 is 0 Å². The van der Waals surface area contributed by atoms with E-state index in [-0.39, 0.29) is 12.5 Å². The Kier molecular flexibility index (Phi) is 9.51. The Bertz CT molecular complexity index is 1510. The van der Waals surface area contributed by atoms with Crippen LogP contribution in [0.15, 0.2) is 85.1 Å². The summed E-state index contributed by atoms with van der Waals surface area (Å²) in [6.45, 7) is 2.00. The fourth-order valence-electron chi connectivity index (χ4n) is 5.16. The second kappa shape index (κ2) is 13.8. The van der Waals surface area contributed by atoms with Crippen LogP contribution in [0.1, 0.15) is 40.2 Å². The number of para-hydroxylation sites is 1. The predicted octanol–water partition coefficient (Wildman–Crippen LogP) is 5.92. The zero-order valence-electron chi connectivity index (χ0n) is 23.5. The van der Waals surface area contributed by atoms with Crippen LogP contribution in [0.5, 0.6) is 11.5 Å². The van der Waals surface area contributed by atoms with Crippen LogP contribution in [0.25, 0.3) is 10.9 Å². The number of carbonyl (C=O) groups is 2. The highest BCUT2D eigenvalue weighted by Crippen LogP contribution is 2.32. The Hall–Kier alpha value is -4.63. The van der Waals surface area contributed by atoms with Gasteiger partial charge in [0.15, 0.2) is 0 Å². The van der Waals surface area contributed by atoms with E-state index < -0.39 is 18.2 Å². The first-order valence-corrected chi connectivity index (χ1v) is 14.0. The van der Waals surface area contributed by atoms with Gasteiger partial charge >= 0.3 is 12.1 Å². The van der Waals surface area contributed by atoms with Gasteiger partial charge < -0.3 is 29.0 Å².